The predicted molar refractivity (Wildman–Crippen MR) is 246 cm³/mol. The standard InChI is InChI=1S/C56H36N2/c1-2-12-40-32-45-33-42(22-21-41(45)31-39(40)11-1)46-35-43(37-23-27-47(28-24-37)57-53-17-7-3-13-49(53)50-14-4-8-18-54(50)57)34-44(36-46)38-25-29-48(30-26-38)58-55-19-9-5-15-51(55)52-16-6-10-20-56(52)58/h1-36H. The number of nitrogens with zero attached hydrogens (tertiary/aromatic N) is 2. The summed E-state index contributed by atoms with van der Waals surface area (Å²) in [5.74, 6) is 0. The van der Waals surface area contributed by atoms with Crippen LogP contribution in [-0.2, 0) is 0 Å². The Morgan fingerprint density at radius 3 is 0.966 bits per heavy atom. The molecule has 12 rings (SSSR count). The van der Waals surface area contributed by atoms with Crippen molar-refractivity contribution in [2.24, 2.45) is 0 Å². The molecule has 0 aliphatic heterocycles. The van der Waals surface area contributed by atoms with Crippen LogP contribution in [0.5, 0.6) is 0 Å². The molecule has 0 atom stereocenters. The molecule has 270 valence electrons. The Kier molecular flexibility index (Phi) is 7.26. The molecule has 0 spiro atoms. The average molecular weight is 737 g/mol. The highest BCUT2D eigenvalue weighted by atomic mass is 15.0. The minimum Gasteiger partial charge on any atom is -0.309 e. The topological polar surface area (TPSA) is 9.86 Å². The van der Waals surface area contributed by atoms with Gasteiger partial charge >= 0.3 is 0 Å². The maximum absolute atomic E-state index is 2.38. The average Bonchev–Trinajstić information content (AvgIpc) is 3.81. The second kappa shape index (κ2) is 12.9. The lowest BCUT2D eigenvalue weighted by Gasteiger charge is -2.14. The smallest absolute Gasteiger partial charge is 0.0541 e. The Morgan fingerprint density at radius 1 is 0.207 bits per heavy atom. The first kappa shape index (κ1) is 32.6. The molecule has 2 aromatic heterocycles. The maximum atomic E-state index is 2.38. The normalized spacial score (nSPS) is 11.8. The number of hydrogen-bond acceptors (Lipinski definition) is 0. The zero-order valence-electron chi connectivity index (χ0n) is 31.7. The van der Waals surface area contributed by atoms with Crippen LogP contribution < -0.4 is 0 Å². The molecule has 0 radical (unpaired) electrons. The molecule has 2 nitrogen and oxygen atoms in total. The lowest BCUT2D eigenvalue weighted by atomic mass is 9.92. The zero-order valence-corrected chi connectivity index (χ0v) is 31.7. The molecular formula is C56H36N2. The molecule has 0 saturated heterocycles. The Morgan fingerprint density at radius 2 is 0.534 bits per heavy atom. The Bertz CT molecular complexity index is 3260. The summed E-state index contributed by atoms with van der Waals surface area (Å²) in [6, 6.07) is 80.2. The van der Waals surface area contributed by atoms with E-state index in [1.54, 1.807) is 0 Å². The van der Waals surface area contributed by atoms with Crippen LogP contribution in [0, 0.1) is 0 Å². The molecule has 12 aromatic rings. The monoisotopic (exact) mass is 736 g/mol. The molecule has 0 bridgehead atoms. The van der Waals surface area contributed by atoms with Crippen molar-refractivity contribution >= 4 is 65.2 Å². The van der Waals surface area contributed by atoms with E-state index >= 15 is 0 Å². The molecule has 0 amide bonds. The van der Waals surface area contributed by atoms with Crippen molar-refractivity contribution in [3.05, 3.63) is 218 Å². The van der Waals surface area contributed by atoms with E-state index in [1.807, 2.05) is 0 Å². The number of hydrogen-bond donors (Lipinski definition) is 0. The van der Waals surface area contributed by atoms with Gasteiger partial charge in [0.1, 0.15) is 0 Å². The zero-order chi connectivity index (χ0) is 38.2. The van der Waals surface area contributed by atoms with Crippen LogP contribution in [0.25, 0.3) is 110 Å². The lowest BCUT2D eigenvalue weighted by molar-refractivity contribution is 1.18. The van der Waals surface area contributed by atoms with E-state index in [0.29, 0.717) is 0 Å². The molecule has 0 unspecified atom stereocenters. The quantitative estimate of drug-likeness (QED) is 0.156. The molecule has 0 fully saturated rings. The SMILES string of the molecule is c1ccc2cc3cc(-c4cc(-c5ccc(-n6c7ccccc7c7ccccc76)cc5)cc(-c5ccc(-n6c7ccccc7c7ccccc76)cc5)c4)ccc3cc2c1. The molecule has 0 aliphatic carbocycles. The second-order valence-electron chi connectivity index (χ2n) is 15.4. The largest absolute Gasteiger partial charge is 0.309 e. The van der Waals surface area contributed by atoms with E-state index in [9.17, 15) is 0 Å². The Hall–Kier alpha value is -7.68. The summed E-state index contributed by atoms with van der Waals surface area (Å²) in [7, 11) is 0. The summed E-state index contributed by atoms with van der Waals surface area (Å²) in [6.07, 6.45) is 0. The van der Waals surface area contributed by atoms with Crippen molar-refractivity contribution in [3.8, 4) is 44.8 Å². The first-order chi connectivity index (χ1) is 28.7. The van der Waals surface area contributed by atoms with Crippen LogP contribution >= 0.6 is 0 Å². The summed E-state index contributed by atoms with van der Waals surface area (Å²) in [4.78, 5) is 0. The minimum absolute atomic E-state index is 1.15. The van der Waals surface area contributed by atoms with Crippen molar-refractivity contribution < 1.29 is 0 Å². The number of rotatable bonds is 5. The summed E-state index contributed by atoms with van der Waals surface area (Å²) < 4.78 is 4.77. The van der Waals surface area contributed by atoms with Crippen LogP contribution in [-0.4, -0.2) is 9.13 Å². The minimum atomic E-state index is 1.15. The first-order valence-corrected chi connectivity index (χ1v) is 20.0. The molecule has 0 aliphatic rings. The van der Waals surface area contributed by atoms with Crippen LogP contribution in [0.2, 0.25) is 0 Å². The van der Waals surface area contributed by atoms with Gasteiger partial charge < -0.3 is 9.13 Å². The fourth-order valence-electron chi connectivity index (χ4n) is 9.25. The third-order valence-corrected chi connectivity index (χ3v) is 12.0. The fraction of sp³-hybridized carbons (Fsp3) is 0. The van der Waals surface area contributed by atoms with Gasteiger partial charge in [0.2, 0.25) is 0 Å². The van der Waals surface area contributed by atoms with Crippen molar-refractivity contribution in [2.75, 3.05) is 0 Å². The summed E-state index contributed by atoms with van der Waals surface area (Å²) in [6.45, 7) is 0. The van der Waals surface area contributed by atoms with Crippen molar-refractivity contribution in [2.45, 2.75) is 0 Å². The van der Waals surface area contributed by atoms with Gasteiger partial charge in [-0.1, -0.05) is 133 Å². The van der Waals surface area contributed by atoms with E-state index in [2.05, 4.69) is 228 Å². The van der Waals surface area contributed by atoms with Gasteiger partial charge in [-0.05, 0) is 140 Å². The third kappa shape index (κ3) is 5.19. The second-order valence-corrected chi connectivity index (χ2v) is 15.4. The van der Waals surface area contributed by atoms with E-state index in [4.69, 9.17) is 0 Å². The number of benzene rings is 10. The molecule has 2 heteroatoms. The van der Waals surface area contributed by atoms with Gasteiger partial charge in [-0.15, -0.1) is 0 Å². The van der Waals surface area contributed by atoms with Crippen LogP contribution in [0.1, 0.15) is 0 Å². The highest BCUT2D eigenvalue weighted by molar-refractivity contribution is 6.10. The van der Waals surface area contributed by atoms with Gasteiger partial charge in [0.15, 0.2) is 0 Å². The van der Waals surface area contributed by atoms with Crippen LogP contribution in [0.3, 0.4) is 0 Å². The lowest BCUT2D eigenvalue weighted by Crippen LogP contribution is -1.94. The summed E-state index contributed by atoms with van der Waals surface area (Å²) in [5, 5.41) is 10.1. The van der Waals surface area contributed by atoms with Gasteiger partial charge in [-0.25, -0.2) is 0 Å². The van der Waals surface area contributed by atoms with Crippen molar-refractivity contribution in [3.63, 3.8) is 0 Å². The van der Waals surface area contributed by atoms with Gasteiger partial charge in [0.05, 0.1) is 22.1 Å². The van der Waals surface area contributed by atoms with Gasteiger partial charge in [0.25, 0.3) is 0 Å². The molecule has 2 heterocycles. The highest BCUT2D eigenvalue weighted by Gasteiger charge is 2.15. The van der Waals surface area contributed by atoms with Gasteiger partial charge in [0, 0.05) is 32.9 Å². The number of para-hydroxylation sites is 4. The molecule has 0 N–H and O–H groups in total. The van der Waals surface area contributed by atoms with Crippen molar-refractivity contribution in [1.29, 1.82) is 0 Å². The van der Waals surface area contributed by atoms with Crippen LogP contribution in [0.4, 0.5) is 0 Å². The molecule has 0 saturated carbocycles. The van der Waals surface area contributed by atoms with E-state index < -0.39 is 0 Å². The fourth-order valence-corrected chi connectivity index (χ4v) is 9.25. The van der Waals surface area contributed by atoms with Crippen LogP contribution in [0.15, 0.2) is 218 Å². The van der Waals surface area contributed by atoms with E-state index in [1.165, 1.54) is 98.5 Å². The highest BCUT2D eigenvalue weighted by Crippen LogP contribution is 2.38. The van der Waals surface area contributed by atoms with E-state index in [-0.39, 0.29) is 0 Å². The summed E-state index contributed by atoms with van der Waals surface area (Å²) >= 11 is 0. The molecular weight excluding hydrogens is 701 g/mol. The molecule has 10 aromatic carbocycles. The molecule has 58 heavy (non-hydrogen) atoms. The van der Waals surface area contributed by atoms with Crippen molar-refractivity contribution in [1.82, 2.24) is 9.13 Å². The Balaban J connectivity index is 0.995. The first-order valence-electron chi connectivity index (χ1n) is 20.0. The number of fused-ring (bicyclic) bond motifs is 8. The predicted octanol–water partition coefficient (Wildman–Crippen LogP) is 15.2. The van der Waals surface area contributed by atoms with Gasteiger partial charge in [-0.2, -0.15) is 0 Å². The van der Waals surface area contributed by atoms with Gasteiger partial charge in [-0.3, -0.25) is 0 Å². The summed E-state index contributed by atoms with van der Waals surface area (Å²) in [5.41, 5.74) is 14.3. The number of aromatic nitrogens is 2. The maximum Gasteiger partial charge on any atom is 0.0541 e. The van der Waals surface area contributed by atoms with E-state index in [0.717, 1.165) is 11.4 Å². The Labute approximate surface area is 336 Å². The third-order valence-electron chi connectivity index (χ3n) is 12.0.